The molecule has 0 saturated heterocycles. The Morgan fingerprint density at radius 1 is 1.12 bits per heavy atom. The number of nitrogens with two attached hydrogens (primary N) is 1. The van der Waals surface area contributed by atoms with Gasteiger partial charge in [0.05, 0.1) is 6.04 Å². The third-order valence-electron chi connectivity index (χ3n) is 2.56. The smallest absolute Gasteiger partial charge is 0.161 e. The van der Waals surface area contributed by atoms with Gasteiger partial charge >= 0.3 is 0 Å². The van der Waals surface area contributed by atoms with Crippen molar-refractivity contribution in [2.75, 3.05) is 0 Å². The van der Waals surface area contributed by atoms with Gasteiger partial charge in [0.25, 0.3) is 0 Å². The molecule has 1 aromatic carbocycles. The fourth-order valence-corrected chi connectivity index (χ4v) is 2.57. The Balaban J connectivity index is 2.48. The molecule has 1 heterocycles. The maximum Gasteiger partial charge on any atom is 0.161 e. The van der Waals surface area contributed by atoms with Crippen molar-refractivity contribution in [3.63, 3.8) is 0 Å². The van der Waals surface area contributed by atoms with Crippen LogP contribution in [0, 0.1) is 24.4 Å². The lowest BCUT2D eigenvalue weighted by atomic mass is 10.0. The van der Waals surface area contributed by atoms with E-state index in [-0.39, 0.29) is 5.56 Å². The SMILES string of the molecule is Cc1ccsc1C(N)c1cc(F)c(F)cc1F. The molecule has 0 aliphatic carbocycles. The molecule has 0 saturated carbocycles. The first-order chi connectivity index (χ1) is 8.00. The van der Waals surface area contributed by atoms with Gasteiger partial charge in [0, 0.05) is 16.5 Å². The molecule has 0 amide bonds. The van der Waals surface area contributed by atoms with Crippen molar-refractivity contribution >= 4 is 11.3 Å². The molecular weight excluding hydrogens is 247 g/mol. The molecule has 1 nitrogen and oxygen atoms in total. The number of thiophene rings is 1. The van der Waals surface area contributed by atoms with E-state index < -0.39 is 23.5 Å². The first kappa shape index (κ1) is 12.1. The van der Waals surface area contributed by atoms with Gasteiger partial charge in [0.2, 0.25) is 0 Å². The highest BCUT2D eigenvalue weighted by molar-refractivity contribution is 7.10. The molecule has 0 radical (unpaired) electrons. The Hall–Kier alpha value is -1.33. The summed E-state index contributed by atoms with van der Waals surface area (Å²) in [5, 5.41) is 1.82. The van der Waals surface area contributed by atoms with Crippen molar-refractivity contribution < 1.29 is 13.2 Å². The van der Waals surface area contributed by atoms with Crippen LogP contribution in [0.1, 0.15) is 22.0 Å². The van der Waals surface area contributed by atoms with E-state index in [0.29, 0.717) is 6.07 Å². The lowest BCUT2D eigenvalue weighted by molar-refractivity contribution is 0.488. The molecule has 17 heavy (non-hydrogen) atoms. The molecule has 0 aliphatic rings. The van der Waals surface area contributed by atoms with E-state index in [2.05, 4.69) is 0 Å². The summed E-state index contributed by atoms with van der Waals surface area (Å²) in [7, 11) is 0. The predicted octanol–water partition coefficient (Wildman–Crippen LogP) is 3.52. The molecule has 2 aromatic rings. The summed E-state index contributed by atoms with van der Waals surface area (Å²) in [5.74, 6) is -3.13. The third kappa shape index (κ3) is 2.21. The van der Waals surface area contributed by atoms with Crippen molar-refractivity contribution in [2.45, 2.75) is 13.0 Å². The van der Waals surface area contributed by atoms with Crippen molar-refractivity contribution in [3.8, 4) is 0 Å². The van der Waals surface area contributed by atoms with E-state index in [1.807, 2.05) is 18.4 Å². The van der Waals surface area contributed by atoms with E-state index in [1.165, 1.54) is 11.3 Å². The zero-order valence-corrected chi connectivity index (χ0v) is 9.82. The standard InChI is InChI=1S/C12H10F3NS/c1-6-2-3-17-12(6)11(16)7-4-9(14)10(15)5-8(7)13/h2-5,11H,16H2,1H3. The summed E-state index contributed by atoms with van der Waals surface area (Å²) < 4.78 is 39.4. The quantitative estimate of drug-likeness (QED) is 0.818. The zero-order valence-electron chi connectivity index (χ0n) is 9.01. The van der Waals surface area contributed by atoms with Crippen molar-refractivity contribution in [3.05, 3.63) is 57.0 Å². The van der Waals surface area contributed by atoms with Gasteiger partial charge in [-0.05, 0) is 30.0 Å². The Morgan fingerprint density at radius 3 is 2.35 bits per heavy atom. The van der Waals surface area contributed by atoms with Gasteiger partial charge in [0.15, 0.2) is 11.6 Å². The number of aryl methyl sites for hydroxylation is 1. The summed E-state index contributed by atoms with van der Waals surface area (Å²) in [5.41, 5.74) is 6.74. The minimum atomic E-state index is -1.21. The van der Waals surface area contributed by atoms with Crippen LogP contribution in [0.15, 0.2) is 23.6 Å². The maximum atomic E-state index is 13.5. The highest BCUT2D eigenvalue weighted by atomic mass is 32.1. The largest absolute Gasteiger partial charge is 0.320 e. The van der Waals surface area contributed by atoms with Crippen LogP contribution in [-0.4, -0.2) is 0 Å². The Kier molecular flexibility index (Phi) is 3.22. The molecule has 5 heteroatoms. The van der Waals surface area contributed by atoms with Gasteiger partial charge in [0.1, 0.15) is 5.82 Å². The lowest BCUT2D eigenvalue weighted by Gasteiger charge is -2.13. The van der Waals surface area contributed by atoms with Gasteiger partial charge in [-0.15, -0.1) is 11.3 Å². The molecule has 1 atom stereocenters. The summed E-state index contributed by atoms with van der Waals surface area (Å²) in [6.07, 6.45) is 0. The summed E-state index contributed by atoms with van der Waals surface area (Å²) in [4.78, 5) is 0.745. The fraction of sp³-hybridized carbons (Fsp3) is 0.167. The molecule has 0 spiro atoms. The number of benzene rings is 1. The molecule has 0 bridgehead atoms. The summed E-state index contributed by atoms with van der Waals surface area (Å²) >= 11 is 1.36. The first-order valence-corrected chi connectivity index (χ1v) is 5.82. The van der Waals surface area contributed by atoms with E-state index >= 15 is 0 Å². The van der Waals surface area contributed by atoms with Crippen LogP contribution in [0.5, 0.6) is 0 Å². The Morgan fingerprint density at radius 2 is 1.76 bits per heavy atom. The number of rotatable bonds is 2. The second kappa shape index (κ2) is 4.50. The van der Waals surface area contributed by atoms with Crippen molar-refractivity contribution in [1.29, 1.82) is 0 Å². The van der Waals surface area contributed by atoms with Crippen LogP contribution in [0.2, 0.25) is 0 Å². The van der Waals surface area contributed by atoms with Gasteiger partial charge in [-0.3, -0.25) is 0 Å². The fourth-order valence-electron chi connectivity index (χ4n) is 1.62. The molecule has 2 N–H and O–H groups in total. The third-order valence-corrected chi connectivity index (χ3v) is 3.66. The van der Waals surface area contributed by atoms with E-state index in [1.54, 1.807) is 0 Å². The highest BCUT2D eigenvalue weighted by Crippen LogP contribution is 2.29. The second-order valence-electron chi connectivity index (χ2n) is 3.73. The molecule has 0 fully saturated rings. The van der Waals surface area contributed by atoms with Gasteiger partial charge < -0.3 is 5.73 Å². The topological polar surface area (TPSA) is 26.0 Å². The van der Waals surface area contributed by atoms with Gasteiger partial charge in [-0.25, -0.2) is 13.2 Å². The van der Waals surface area contributed by atoms with E-state index in [0.717, 1.165) is 16.5 Å². The number of hydrogen-bond donors (Lipinski definition) is 1. The lowest BCUT2D eigenvalue weighted by Crippen LogP contribution is -2.14. The molecule has 1 unspecified atom stereocenters. The van der Waals surface area contributed by atoms with Gasteiger partial charge in [-0.2, -0.15) is 0 Å². The summed E-state index contributed by atoms with van der Waals surface area (Å²) in [6, 6.07) is 2.41. The Bertz CT molecular complexity index is 551. The Labute approximate surface area is 101 Å². The summed E-state index contributed by atoms with van der Waals surface area (Å²) in [6.45, 7) is 1.84. The normalized spacial score (nSPS) is 12.8. The van der Waals surface area contributed by atoms with Crippen LogP contribution in [0.25, 0.3) is 0 Å². The van der Waals surface area contributed by atoms with Crippen LogP contribution >= 0.6 is 11.3 Å². The predicted molar refractivity (Wildman–Crippen MR) is 61.4 cm³/mol. The monoisotopic (exact) mass is 257 g/mol. The maximum absolute atomic E-state index is 13.5. The van der Waals surface area contributed by atoms with Crippen LogP contribution in [-0.2, 0) is 0 Å². The van der Waals surface area contributed by atoms with Crippen LogP contribution in [0.4, 0.5) is 13.2 Å². The molecule has 90 valence electrons. The average Bonchev–Trinajstić information content (AvgIpc) is 2.69. The average molecular weight is 257 g/mol. The number of hydrogen-bond acceptors (Lipinski definition) is 2. The molecular formula is C12H10F3NS. The molecule has 1 aromatic heterocycles. The van der Waals surface area contributed by atoms with E-state index in [9.17, 15) is 13.2 Å². The zero-order chi connectivity index (χ0) is 12.6. The molecule has 0 aliphatic heterocycles. The number of halogens is 3. The minimum Gasteiger partial charge on any atom is -0.320 e. The van der Waals surface area contributed by atoms with Crippen LogP contribution < -0.4 is 5.73 Å². The molecule has 2 rings (SSSR count). The van der Waals surface area contributed by atoms with Crippen LogP contribution in [0.3, 0.4) is 0 Å². The minimum absolute atomic E-state index is 0.0329. The van der Waals surface area contributed by atoms with Gasteiger partial charge in [-0.1, -0.05) is 0 Å². The van der Waals surface area contributed by atoms with E-state index in [4.69, 9.17) is 5.73 Å². The second-order valence-corrected chi connectivity index (χ2v) is 4.68. The van der Waals surface area contributed by atoms with Crippen molar-refractivity contribution in [1.82, 2.24) is 0 Å². The first-order valence-electron chi connectivity index (χ1n) is 4.94. The highest BCUT2D eigenvalue weighted by Gasteiger charge is 2.19. The van der Waals surface area contributed by atoms with Crippen molar-refractivity contribution in [2.24, 2.45) is 5.73 Å².